The van der Waals surface area contributed by atoms with Crippen LogP contribution in [0.15, 0.2) is 30.3 Å². The van der Waals surface area contributed by atoms with Crippen LogP contribution in [0.1, 0.15) is 6.42 Å². The van der Waals surface area contributed by atoms with Crippen LogP contribution in [0.2, 0.25) is 0 Å². The fourth-order valence-electron chi connectivity index (χ4n) is 1.01. The van der Waals surface area contributed by atoms with Crippen LogP contribution in [0.5, 0.6) is 5.75 Å². The highest BCUT2D eigenvalue weighted by Crippen LogP contribution is 2.08. The van der Waals surface area contributed by atoms with Crippen molar-refractivity contribution in [1.29, 1.82) is 0 Å². The molecule has 0 aliphatic carbocycles. The van der Waals surface area contributed by atoms with Gasteiger partial charge in [0.25, 0.3) is 0 Å². The predicted molar refractivity (Wildman–Crippen MR) is 54.4 cm³/mol. The van der Waals surface area contributed by atoms with E-state index >= 15 is 0 Å². The summed E-state index contributed by atoms with van der Waals surface area (Å²) in [6.45, 7) is 1.69. The Labute approximate surface area is 84.6 Å². The van der Waals surface area contributed by atoms with Crippen molar-refractivity contribution >= 4 is 0 Å². The number of hydrogen-bond donors (Lipinski definition) is 0. The van der Waals surface area contributed by atoms with Gasteiger partial charge in [0, 0.05) is 13.5 Å². The molecule has 0 aliphatic heterocycles. The third-order valence-electron chi connectivity index (χ3n) is 1.65. The van der Waals surface area contributed by atoms with E-state index in [4.69, 9.17) is 14.2 Å². The van der Waals surface area contributed by atoms with Gasteiger partial charge in [0.2, 0.25) is 0 Å². The average molecular weight is 196 g/mol. The molecule has 0 amide bonds. The number of ether oxygens (including phenoxy) is 3. The highest BCUT2D eigenvalue weighted by molar-refractivity contribution is 5.20. The molecule has 0 heterocycles. The molecule has 0 aliphatic rings. The van der Waals surface area contributed by atoms with Crippen LogP contribution < -0.4 is 4.74 Å². The molecule has 1 aromatic carbocycles. The zero-order chi connectivity index (χ0) is 10.1. The Balaban J connectivity index is 1.99. The molecular formula is C11H16O3. The molecular weight excluding hydrogens is 180 g/mol. The Morgan fingerprint density at radius 3 is 2.57 bits per heavy atom. The van der Waals surface area contributed by atoms with Gasteiger partial charge in [-0.05, 0) is 12.1 Å². The molecule has 0 saturated heterocycles. The lowest BCUT2D eigenvalue weighted by atomic mass is 10.3. The Kier molecular flexibility index (Phi) is 5.79. The first-order valence-electron chi connectivity index (χ1n) is 4.68. The molecule has 78 valence electrons. The van der Waals surface area contributed by atoms with Crippen molar-refractivity contribution < 1.29 is 14.2 Å². The second-order valence-electron chi connectivity index (χ2n) is 2.83. The minimum atomic E-state index is 0.353. The van der Waals surface area contributed by atoms with Gasteiger partial charge >= 0.3 is 0 Å². The van der Waals surface area contributed by atoms with Crippen LogP contribution in [0.25, 0.3) is 0 Å². The molecule has 3 nitrogen and oxygen atoms in total. The van der Waals surface area contributed by atoms with Gasteiger partial charge in [0.1, 0.15) is 12.5 Å². The standard InChI is InChI=1S/C11H16O3/c1-12-10-13-8-5-9-14-11-6-3-2-4-7-11/h2-4,6-7H,5,8-10H2,1H3. The second-order valence-corrected chi connectivity index (χ2v) is 2.83. The van der Waals surface area contributed by atoms with Crippen molar-refractivity contribution in [2.45, 2.75) is 6.42 Å². The van der Waals surface area contributed by atoms with Gasteiger partial charge in [-0.2, -0.15) is 0 Å². The Bertz CT molecular complexity index is 223. The lowest BCUT2D eigenvalue weighted by Crippen LogP contribution is -2.04. The highest BCUT2D eigenvalue weighted by Gasteiger charge is 1.91. The minimum Gasteiger partial charge on any atom is -0.494 e. The van der Waals surface area contributed by atoms with Gasteiger partial charge in [-0.1, -0.05) is 18.2 Å². The monoisotopic (exact) mass is 196 g/mol. The highest BCUT2D eigenvalue weighted by atomic mass is 16.7. The lowest BCUT2D eigenvalue weighted by molar-refractivity contribution is -0.0333. The van der Waals surface area contributed by atoms with E-state index in [9.17, 15) is 0 Å². The molecule has 1 aromatic rings. The SMILES string of the molecule is COCOCCCOc1ccccc1. The van der Waals surface area contributed by atoms with Crippen LogP contribution in [-0.4, -0.2) is 27.1 Å². The van der Waals surface area contributed by atoms with E-state index in [1.165, 1.54) is 0 Å². The van der Waals surface area contributed by atoms with Gasteiger partial charge in [-0.15, -0.1) is 0 Å². The molecule has 0 unspecified atom stereocenters. The summed E-state index contributed by atoms with van der Waals surface area (Å²) in [5, 5.41) is 0. The normalized spacial score (nSPS) is 10.1. The van der Waals surface area contributed by atoms with Crippen LogP contribution in [-0.2, 0) is 9.47 Å². The number of methoxy groups -OCH3 is 1. The van der Waals surface area contributed by atoms with Gasteiger partial charge < -0.3 is 14.2 Å². The first-order valence-corrected chi connectivity index (χ1v) is 4.68. The van der Waals surface area contributed by atoms with Gasteiger partial charge in [-0.25, -0.2) is 0 Å². The smallest absolute Gasteiger partial charge is 0.146 e. The van der Waals surface area contributed by atoms with Crippen molar-refractivity contribution in [3.05, 3.63) is 30.3 Å². The van der Waals surface area contributed by atoms with Crippen molar-refractivity contribution in [3.8, 4) is 5.75 Å². The molecule has 0 bridgehead atoms. The summed E-state index contributed by atoms with van der Waals surface area (Å²) in [5.74, 6) is 0.902. The molecule has 0 spiro atoms. The molecule has 14 heavy (non-hydrogen) atoms. The fraction of sp³-hybridized carbons (Fsp3) is 0.455. The molecule has 0 aromatic heterocycles. The van der Waals surface area contributed by atoms with E-state index < -0.39 is 0 Å². The maximum atomic E-state index is 5.47. The first kappa shape index (κ1) is 11.0. The molecule has 0 N–H and O–H groups in total. The van der Waals surface area contributed by atoms with E-state index in [1.54, 1.807) is 7.11 Å². The maximum absolute atomic E-state index is 5.47. The summed E-state index contributed by atoms with van der Waals surface area (Å²) in [5.41, 5.74) is 0. The van der Waals surface area contributed by atoms with E-state index in [0.717, 1.165) is 12.2 Å². The maximum Gasteiger partial charge on any atom is 0.146 e. The summed E-state index contributed by atoms with van der Waals surface area (Å²) >= 11 is 0. The van der Waals surface area contributed by atoms with Crippen LogP contribution in [0.4, 0.5) is 0 Å². The first-order chi connectivity index (χ1) is 6.93. The predicted octanol–water partition coefficient (Wildman–Crippen LogP) is 2.08. The number of rotatable bonds is 7. The summed E-state index contributed by atoms with van der Waals surface area (Å²) < 4.78 is 15.3. The van der Waals surface area contributed by atoms with Crippen molar-refractivity contribution in [2.75, 3.05) is 27.1 Å². The van der Waals surface area contributed by atoms with Crippen LogP contribution >= 0.6 is 0 Å². The lowest BCUT2D eigenvalue weighted by Gasteiger charge is -2.05. The Morgan fingerprint density at radius 1 is 1.07 bits per heavy atom. The van der Waals surface area contributed by atoms with Gasteiger partial charge in [0.15, 0.2) is 0 Å². The summed E-state index contributed by atoms with van der Waals surface area (Å²) in [6, 6.07) is 9.76. The third kappa shape index (κ3) is 4.84. The van der Waals surface area contributed by atoms with Crippen LogP contribution in [0.3, 0.4) is 0 Å². The summed E-state index contributed by atoms with van der Waals surface area (Å²) in [4.78, 5) is 0. The summed E-state index contributed by atoms with van der Waals surface area (Å²) in [6.07, 6.45) is 0.873. The topological polar surface area (TPSA) is 27.7 Å². The molecule has 0 saturated carbocycles. The number of para-hydroxylation sites is 1. The van der Waals surface area contributed by atoms with Crippen molar-refractivity contribution in [2.24, 2.45) is 0 Å². The molecule has 3 heteroatoms. The van der Waals surface area contributed by atoms with E-state index in [2.05, 4.69) is 0 Å². The molecule has 1 rings (SSSR count). The van der Waals surface area contributed by atoms with Gasteiger partial charge in [0.05, 0.1) is 13.2 Å². The Hall–Kier alpha value is -1.06. The van der Waals surface area contributed by atoms with E-state index in [-0.39, 0.29) is 0 Å². The second kappa shape index (κ2) is 7.35. The largest absolute Gasteiger partial charge is 0.494 e. The Morgan fingerprint density at radius 2 is 1.86 bits per heavy atom. The quantitative estimate of drug-likeness (QED) is 0.493. The summed E-state index contributed by atoms with van der Waals surface area (Å²) in [7, 11) is 1.61. The zero-order valence-electron chi connectivity index (χ0n) is 8.44. The van der Waals surface area contributed by atoms with Gasteiger partial charge in [-0.3, -0.25) is 0 Å². The van der Waals surface area contributed by atoms with E-state index in [0.29, 0.717) is 20.0 Å². The number of benzene rings is 1. The number of hydrogen-bond acceptors (Lipinski definition) is 3. The molecule has 0 radical (unpaired) electrons. The molecule has 0 fully saturated rings. The van der Waals surface area contributed by atoms with Crippen molar-refractivity contribution in [1.82, 2.24) is 0 Å². The fourth-order valence-corrected chi connectivity index (χ4v) is 1.01. The van der Waals surface area contributed by atoms with E-state index in [1.807, 2.05) is 30.3 Å². The molecule has 0 atom stereocenters. The third-order valence-corrected chi connectivity index (χ3v) is 1.65. The minimum absolute atomic E-state index is 0.353. The van der Waals surface area contributed by atoms with Crippen molar-refractivity contribution in [3.63, 3.8) is 0 Å². The average Bonchev–Trinajstić information content (AvgIpc) is 2.25. The van der Waals surface area contributed by atoms with Crippen LogP contribution in [0, 0.1) is 0 Å². The zero-order valence-corrected chi connectivity index (χ0v) is 8.44.